The van der Waals surface area contributed by atoms with Gasteiger partial charge < -0.3 is 4.74 Å². The van der Waals surface area contributed by atoms with Crippen molar-refractivity contribution in [2.75, 3.05) is 0 Å². The molecule has 94 valence electrons. The summed E-state index contributed by atoms with van der Waals surface area (Å²) in [6, 6.07) is 0. The number of halogens is 1. The van der Waals surface area contributed by atoms with Gasteiger partial charge in [0.15, 0.2) is 0 Å². The molecule has 0 N–H and O–H groups in total. The summed E-state index contributed by atoms with van der Waals surface area (Å²) >= 11 is 3.41. The molecule has 4 heteroatoms. The lowest BCUT2D eigenvalue weighted by Gasteiger charge is -2.18. The Hall–Kier alpha value is -0.900. The Kier molecular flexibility index (Phi) is 5.62. The molecule has 1 aliphatic carbocycles. The third-order valence-electron chi connectivity index (χ3n) is 2.75. The maximum absolute atomic E-state index is 11.8. The van der Waals surface area contributed by atoms with Gasteiger partial charge in [0.05, 0.1) is 0 Å². The van der Waals surface area contributed by atoms with Crippen LogP contribution in [0.1, 0.15) is 39.0 Å². The molecular weight excluding hydrogens is 284 g/mol. The average Bonchev–Trinajstić information content (AvgIpc) is 2.28. The molecule has 1 aliphatic rings. The van der Waals surface area contributed by atoms with E-state index in [2.05, 4.69) is 22.5 Å². The van der Waals surface area contributed by atoms with E-state index in [9.17, 15) is 9.59 Å². The number of rotatable bonds is 5. The Morgan fingerprint density at radius 3 is 2.65 bits per heavy atom. The lowest BCUT2D eigenvalue weighted by Crippen LogP contribution is -2.24. The number of hydrogen-bond acceptors (Lipinski definition) is 3. The van der Waals surface area contributed by atoms with Gasteiger partial charge in [0.2, 0.25) is 0 Å². The second kappa shape index (κ2) is 6.74. The Bertz CT molecular complexity index is 358. The minimum Gasteiger partial charge on any atom is -0.430 e. The monoisotopic (exact) mass is 300 g/mol. The number of ether oxygens (including phenoxy) is 1. The molecule has 0 aromatic rings. The largest absolute Gasteiger partial charge is 0.430 e. The highest BCUT2D eigenvalue weighted by Gasteiger charge is 2.26. The van der Waals surface area contributed by atoms with Gasteiger partial charge in [-0.1, -0.05) is 22.0 Å². The topological polar surface area (TPSA) is 43.4 Å². The van der Waals surface area contributed by atoms with E-state index < -0.39 is 11.9 Å². The van der Waals surface area contributed by atoms with E-state index in [0.29, 0.717) is 12.2 Å². The summed E-state index contributed by atoms with van der Waals surface area (Å²) < 4.78 is 6.25. The second-order valence-electron chi connectivity index (χ2n) is 4.14. The van der Waals surface area contributed by atoms with Crippen molar-refractivity contribution in [2.45, 2.75) is 39.0 Å². The number of carbonyl (C=O) groups is 2. The number of hydrogen-bond donors (Lipinski definition) is 0. The molecule has 1 rings (SSSR count). The fourth-order valence-electron chi connectivity index (χ4n) is 1.73. The van der Waals surface area contributed by atoms with Crippen molar-refractivity contribution in [1.82, 2.24) is 0 Å². The normalized spacial score (nSPS) is 17.5. The highest BCUT2D eigenvalue weighted by atomic mass is 79.9. The van der Waals surface area contributed by atoms with Crippen molar-refractivity contribution in [3.05, 3.63) is 22.9 Å². The van der Waals surface area contributed by atoms with Crippen LogP contribution in [0.25, 0.3) is 0 Å². The zero-order chi connectivity index (χ0) is 12.8. The lowest BCUT2D eigenvalue weighted by molar-refractivity contribution is -0.148. The molecule has 1 atom stereocenters. The van der Waals surface area contributed by atoms with Crippen LogP contribution in [0.5, 0.6) is 0 Å². The van der Waals surface area contributed by atoms with Crippen molar-refractivity contribution in [1.29, 1.82) is 0 Å². The van der Waals surface area contributed by atoms with Crippen molar-refractivity contribution in [3.63, 3.8) is 0 Å². The number of Topliss-reactive ketones (excluding diaryl/α,β-unsaturated/α-hetero) is 1. The first kappa shape index (κ1) is 14.2. The first-order chi connectivity index (χ1) is 8.06. The zero-order valence-corrected chi connectivity index (χ0v) is 11.6. The molecular formula is C13H17BrO3. The van der Waals surface area contributed by atoms with Crippen LogP contribution in [0.4, 0.5) is 0 Å². The van der Waals surface area contributed by atoms with Crippen LogP contribution in [0, 0.1) is 5.92 Å². The summed E-state index contributed by atoms with van der Waals surface area (Å²) in [6.07, 6.45) is 5.67. The Labute approximate surface area is 110 Å². The summed E-state index contributed by atoms with van der Waals surface area (Å²) in [6.45, 7) is 4.95. The molecule has 0 bridgehead atoms. The van der Waals surface area contributed by atoms with Gasteiger partial charge in [0, 0.05) is 10.9 Å². The van der Waals surface area contributed by atoms with Gasteiger partial charge in [-0.05, 0) is 32.6 Å². The number of carbonyl (C=O) groups excluding carboxylic acids is 2. The quantitative estimate of drug-likeness (QED) is 0.443. The van der Waals surface area contributed by atoms with Crippen LogP contribution >= 0.6 is 15.9 Å². The van der Waals surface area contributed by atoms with Gasteiger partial charge in [0.1, 0.15) is 17.5 Å². The molecule has 3 nitrogen and oxygen atoms in total. The van der Waals surface area contributed by atoms with Gasteiger partial charge in [-0.2, -0.15) is 0 Å². The number of esters is 1. The van der Waals surface area contributed by atoms with Crippen LogP contribution in [0.3, 0.4) is 0 Å². The SMILES string of the molecule is C=CCC(C(C)=O)C(=O)OC1=C(Br)CCCC1. The molecule has 0 fully saturated rings. The van der Waals surface area contributed by atoms with Gasteiger partial charge in [-0.15, -0.1) is 6.58 Å². The molecule has 0 spiro atoms. The summed E-state index contributed by atoms with van der Waals surface area (Å²) in [5.74, 6) is -0.688. The van der Waals surface area contributed by atoms with E-state index in [-0.39, 0.29) is 5.78 Å². The molecule has 0 aromatic heterocycles. The summed E-state index contributed by atoms with van der Waals surface area (Å²) in [4.78, 5) is 23.2. The van der Waals surface area contributed by atoms with Crippen LogP contribution in [-0.4, -0.2) is 11.8 Å². The highest BCUT2D eigenvalue weighted by molar-refractivity contribution is 9.11. The van der Waals surface area contributed by atoms with Gasteiger partial charge in [0.25, 0.3) is 0 Å². The van der Waals surface area contributed by atoms with Crippen molar-refractivity contribution >= 4 is 27.7 Å². The minimum atomic E-state index is -0.720. The Morgan fingerprint density at radius 2 is 2.12 bits per heavy atom. The fraction of sp³-hybridized carbons (Fsp3) is 0.538. The standard InChI is InChI=1S/C13H17BrO3/c1-3-6-10(9(2)15)13(16)17-12-8-5-4-7-11(12)14/h3,10H,1,4-8H2,2H3. The van der Waals surface area contributed by atoms with Crippen molar-refractivity contribution < 1.29 is 14.3 Å². The summed E-state index contributed by atoms with van der Waals surface area (Å²) in [7, 11) is 0. The average molecular weight is 301 g/mol. The van der Waals surface area contributed by atoms with E-state index in [4.69, 9.17) is 4.74 Å². The Morgan fingerprint density at radius 1 is 1.47 bits per heavy atom. The van der Waals surface area contributed by atoms with Gasteiger partial charge >= 0.3 is 5.97 Å². The molecule has 0 heterocycles. The van der Waals surface area contributed by atoms with E-state index in [1.54, 1.807) is 6.08 Å². The van der Waals surface area contributed by atoms with E-state index in [1.165, 1.54) is 6.92 Å². The second-order valence-corrected chi connectivity index (χ2v) is 5.10. The smallest absolute Gasteiger partial charge is 0.321 e. The first-order valence-corrected chi connectivity index (χ1v) is 6.56. The Balaban J connectivity index is 2.69. The highest BCUT2D eigenvalue weighted by Crippen LogP contribution is 2.30. The maximum atomic E-state index is 11.8. The third-order valence-corrected chi connectivity index (χ3v) is 3.59. The van der Waals surface area contributed by atoms with Crippen LogP contribution in [0.15, 0.2) is 22.9 Å². The van der Waals surface area contributed by atoms with E-state index in [0.717, 1.165) is 30.2 Å². The molecule has 0 radical (unpaired) electrons. The molecule has 0 aromatic carbocycles. The van der Waals surface area contributed by atoms with Crippen LogP contribution in [-0.2, 0) is 14.3 Å². The van der Waals surface area contributed by atoms with Crippen LogP contribution < -0.4 is 0 Å². The predicted octanol–water partition coefficient (Wildman–Crippen LogP) is 3.49. The molecule has 0 saturated carbocycles. The fourth-order valence-corrected chi connectivity index (χ4v) is 2.29. The first-order valence-electron chi connectivity index (χ1n) is 5.76. The predicted molar refractivity (Wildman–Crippen MR) is 69.5 cm³/mol. The van der Waals surface area contributed by atoms with Gasteiger partial charge in [-0.25, -0.2) is 0 Å². The molecule has 0 aliphatic heterocycles. The van der Waals surface area contributed by atoms with E-state index >= 15 is 0 Å². The van der Waals surface area contributed by atoms with Crippen molar-refractivity contribution in [2.24, 2.45) is 5.92 Å². The molecule has 0 amide bonds. The zero-order valence-electron chi connectivity index (χ0n) is 10.0. The minimum absolute atomic E-state index is 0.178. The number of allylic oxidation sites excluding steroid dienone is 3. The number of ketones is 1. The lowest BCUT2D eigenvalue weighted by atomic mass is 10.0. The summed E-state index contributed by atoms with van der Waals surface area (Å²) in [5, 5.41) is 0. The van der Waals surface area contributed by atoms with Crippen molar-refractivity contribution in [3.8, 4) is 0 Å². The maximum Gasteiger partial charge on any atom is 0.321 e. The summed E-state index contributed by atoms with van der Waals surface area (Å²) in [5.41, 5.74) is 0. The van der Waals surface area contributed by atoms with Crippen LogP contribution in [0.2, 0.25) is 0 Å². The van der Waals surface area contributed by atoms with Gasteiger partial charge in [-0.3, -0.25) is 9.59 Å². The molecule has 17 heavy (non-hydrogen) atoms. The molecule has 1 unspecified atom stereocenters. The molecule has 0 saturated heterocycles. The third kappa shape index (κ3) is 4.11. The van der Waals surface area contributed by atoms with E-state index in [1.807, 2.05) is 0 Å².